The van der Waals surface area contributed by atoms with Crippen molar-refractivity contribution in [2.75, 3.05) is 26.3 Å². The summed E-state index contributed by atoms with van der Waals surface area (Å²) in [6, 6.07) is 0. The molecule has 1 saturated carbocycles. The molecule has 0 aromatic rings. The molecule has 0 radical (unpaired) electrons. The van der Waals surface area contributed by atoms with Crippen molar-refractivity contribution in [3.05, 3.63) is 0 Å². The van der Waals surface area contributed by atoms with E-state index in [0.29, 0.717) is 0 Å². The summed E-state index contributed by atoms with van der Waals surface area (Å²) in [4.78, 5) is 0. The van der Waals surface area contributed by atoms with Crippen LogP contribution in [0.4, 0.5) is 0 Å². The number of rotatable bonds is 9. The topological polar surface area (TPSA) is 21.3 Å². The number of hydrogen-bond acceptors (Lipinski definition) is 2. The second kappa shape index (κ2) is 10.1. The highest BCUT2D eigenvalue weighted by Crippen LogP contribution is 2.23. The van der Waals surface area contributed by atoms with E-state index in [-0.39, 0.29) is 0 Å². The van der Waals surface area contributed by atoms with Crippen LogP contribution in [0.15, 0.2) is 0 Å². The van der Waals surface area contributed by atoms with E-state index < -0.39 is 0 Å². The molecule has 0 amide bonds. The Morgan fingerprint density at radius 1 is 1.06 bits per heavy atom. The van der Waals surface area contributed by atoms with Crippen LogP contribution >= 0.6 is 0 Å². The predicted octanol–water partition coefficient (Wildman–Crippen LogP) is 3.36. The molecule has 1 aliphatic rings. The lowest BCUT2D eigenvalue weighted by atomic mass is 9.90. The van der Waals surface area contributed by atoms with Crippen molar-refractivity contribution in [2.45, 2.75) is 58.3 Å². The van der Waals surface area contributed by atoms with Gasteiger partial charge in [-0.25, -0.2) is 0 Å². The lowest BCUT2D eigenvalue weighted by Crippen LogP contribution is -2.22. The van der Waals surface area contributed by atoms with E-state index in [4.69, 9.17) is 4.74 Å². The molecule has 1 fully saturated rings. The summed E-state index contributed by atoms with van der Waals surface area (Å²) in [5.41, 5.74) is 0. The summed E-state index contributed by atoms with van der Waals surface area (Å²) in [6.07, 6.45) is 11.0. The zero-order chi connectivity index (χ0) is 11.5. The van der Waals surface area contributed by atoms with Crippen LogP contribution in [0.1, 0.15) is 58.3 Å². The zero-order valence-corrected chi connectivity index (χ0v) is 11.0. The molecule has 0 unspecified atom stereocenters. The van der Waals surface area contributed by atoms with Gasteiger partial charge in [-0.15, -0.1) is 0 Å². The Bertz CT molecular complexity index is 144. The molecule has 0 aromatic heterocycles. The standard InChI is InChI=1S/C14H29NO/c1-2-3-7-10-15-11-12-16-13-14-8-5-4-6-9-14/h14-15H,2-13H2,1H3. The molecule has 96 valence electrons. The van der Waals surface area contributed by atoms with Crippen LogP contribution < -0.4 is 5.32 Å². The minimum Gasteiger partial charge on any atom is -0.380 e. The molecule has 2 heteroatoms. The molecule has 2 nitrogen and oxygen atoms in total. The molecular weight excluding hydrogens is 198 g/mol. The van der Waals surface area contributed by atoms with Gasteiger partial charge in [-0.2, -0.15) is 0 Å². The van der Waals surface area contributed by atoms with E-state index in [1.54, 1.807) is 0 Å². The van der Waals surface area contributed by atoms with Gasteiger partial charge in [0.05, 0.1) is 6.61 Å². The van der Waals surface area contributed by atoms with Gasteiger partial charge in [0, 0.05) is 13.2 Å². The Balaban J connectivity index is 1.77. The minimum absolute atomic E-state index is 0.855. The van der Waals surface area contributed by atoms with E-state index in [1.165, 1.54) is 51.4 Å². The molecule has 0 saturated heterocycles. The Morgan fingerprint density at radius 3 is 2.62 bits per heavy atom. The first-order chi connectivity index (χ1) is 7.93. The second-order valence-corrected chi connectivity index (χ2v) is 5.04. The summed E-state index contributed by atoms with van der Waals surface area (Å²) in [5, 5.41) is 3.43. The molecule has 16 heavy (non-hydrogen) atoms. The Labute approximate surface area is 101 Å². The van der Waals surface area contributed by atoms with Gasteiger partial charge in [0.1, 0.15) is 0 Å². The summed E-state index contributed by atoms with van der Waals surface area (Å²) >= 11 is 0. The van der Waals surface area contributed by atoms with Gasteiger partial charge in [-0.3, -0.25) is 0 Å². The summed E-state index contributed by atoms with van der Waals surface area (Å²) < 4.78 is 5.72. The van der Waals surface area contributed by atoms with Crippen molar-refractivity contribution in [2.24, 2.45) is 5.92 Å². The SMILES string of the molecule is CCCCCNCCOCC1CCCCC1. The molecule has 0 spiro atoms. The first-order valence-electron chi connectivity index (χ1n) is 7.22. The lowest BCUT2D eigenvalue weighted by Gasteiger charge is -2.21. The molecule has 0 bridgehead atoms. The quantitative estimate of drug-likeness (QED) is 0.610. The highest BCUT2D eigenvalue weighted by Gasteiger charge is 2.12. The third kappa shape index (κ3) is 7.24. The molecule has 1 rings (SSSR count). The fourth-order valence-electron chi connectivity index (χ4n) is 2.37. The molecule has 1 N–H and O–H groups in total. The Hall–Kier alpha value is -0.0800. The summed E-state index contributed by atoms with van der Waals surface area (Å²) in [5.74, 6) is 0.855. The van der Waals surface area contributed by atoms with Gasteiger partial charge in [0.2, 0.25) is 0 Å². The number of hydrogen-bond donors (Lipinski definition) is 1. The number of unbranched alkanes of at least 4 members (excludes halogenated alkanes) is 2. The summed E-state index contributed by atoms with van der Waals surface area (Å²) in [7, 11) is 0. The third-order valence-electron chi connectivity index (χ3n) is 3.46. The van der Waals surface area contributed by atoms with E-state index in [9.17, 15) is 0 Å². The second-order valence-electron chi connectivity index (χ2n) is 5.04. The van der Waals surface area contributed by atoms with Gasteiger partial charge in [-0.05, 0) is 31.7 Å². The molecule has 1 aliphatic carbocycles. The van der Waals surface area contributed by atoms with Crippen LogP contribution in [-0.4, -0.2) is 26.3 Å². The van der Waals surface area contributed by atoms with Crippen LogP contribution in [0.25, 0.3) is 0 Å². The average Bonchev–Trinajstić information content (AvgIpc) is 2.34. The van der Waals surface area contributed by atoms with E-state index >= 15 is 0 Å². The first kappa shape index (κ1) is 14.0. The van der Waals surface area contributed by atoms with Crippen molar-refractivity contribution >= 4 is 0 Å². The van der Waals surface area contributed by atoms with E-state index in [2.05, 4.69) is 12.2 Å². The van der Waals surface area contributed by atoms with Crippen molar-refractivity contribution in [3.63, 3.8) is 0 Å². The molecular formula is C14H29NO. The van der Waals surface area contributed by atoms with Crippen LogP contribution in [0, 0.1) is 5.92 Å². The van der Waals surface area contributed by atoms with Gasteiger partial charge >= 0.3 is 0 Å². The van der Waals surface area contributed by atoms with Crippen LogP contribution in [0.5, 0.6) is 0 Å². The average molecular weight is 227 g/mol. The van der Waals surface area contributed by atoms with E-state index in [1.807, 2.05) is 0 Å². The highest BCUT2D eigenvalue weighted by molar-refractivity contribution is 4.64. The van der Waals surface area contributed by atoms with Gasteiger partial charge in [-0.1, -0.05) is 39.0 Å². The Kier molecular flexibility index (Phi) is 8.83. The Morgan fingerprint density at radius 2 is 1.88 bits per heavy atom. The smallest absolute Gasteiger partial charge is 0.0591 e. The number of nitrogens with one attached hydrogen (secondary N) is 1. The molecule has 0 aromatic carbocycles. The van der Waals surface area contributed by atoms with E-state index in [0.717, 1.165) is 32.2 Å². The third-order valence-corrected chi connectivity index (χ3v) is 3.46. The number of ether oxygens (including phenoxy) is 1. The van der Waals surface area contributed by atoms with Crippen molar-refractivity contribution in [3.8, 4) is 0 Å². The predicted molar refractivity (Wildman–Crippen MR) is 69.8 cm³/mol. The minimum atomic E-state index is 0.855. The van der Waals surface area contributed by atoms with Crippen LogP contribution in [0.2, 0.25) is 0 Å². The largest absolute Gasteiger partial charge is 0.380 e. The maximum absolute atomic E-state index is 5.72. The van der Waals surface area contributed by atoms with Gasteiger partial charge in [0.15, 0.2) is 0 Å². The summed E-state index contributed by atoms with van der Waals surface area (Å²) in [6.45, 7) is 6.31. The van der Waals surface area contributed by atoms with Gasteiger partial charge < -0.3 is 10.1 Å². The van der Waals surface area contributed by atoms with Gasteiger partial charge in [0.25, 0.3) is 0 Å². The zero-order valence-electron chi connectivity index (χ0n) is 11.0. The van der Waals surface area contributed by atoms with Crippen molar-refractivity contribution in [1.82, 2.24) is 5.32 Å². The van der Waals surface area contributed by atoms with Crippen LogP contribution in [-0.2, 0) is 4.74 Å². The highest BCUT2D eigenvalue weighted by atomic mass is 16.5. The first-order valence-corrected chi connectivity index (χ1v) is 7.22. The molecule has 0 aliphatic heterocycles. The fraction of sp³-hybridized carbons (Fsp3) is 1.00. The van der Waals surface area contributed by atoms with Crippen molar-refractivity contribution < 1.29 is 4.74 Å². The maximum atomic E-state index is 5.72. The monoisotopic (exact) mass is 227 g/mol. The molecule has 0 heterocycles. The maximum Gasteiger partial charge on any atom is 0.0591 e. The fourth-order valence-corrected chi connectivity index (χ4v) is 2.37. The van der Waals surface area contributed by atoms with Crippen LogP contribution in [0.3, 0.4) is 0 Å². The van der Waals surface area contributed by atoms with Crippen molar-refractivity contribution in [1.29, 1.82) is 0 Å². The lowest BCUT2D eigenvalue weighted by molar-refractivity contribution is 0.0870. The molecule has 0 atom stereocenters. The normalized spacial score (nSPS) is 17.8.